The van der Waals surface area contributed by atoms with Gasteiger partial charge in [0.2, 0.25) is 0 Å². The lowest BCUT2D eigenvalue weighted by Crippen LogP contribution is -2.53. The standard InChI is InChI=1S/C8H15NO2/c9-4-7-5-10-6-8(11-7)2-1-3-8/h7H,1-6,9H2. The van der Waals surface area contributed by atoms with Crippen LogP contribution in [0.5, 0.6) is 0 Å². The van der Waals surface area contributed by atoms with E-state index in [4.69, 9.17) is 15.2 Å². The maximum atomic E-state index is 5.81. The first-order valence-corrected chi connectivity index (χ1v) is 4.30. The van der Waals surface area contributed by atoms with Crippen LogP contribution >= 0.6 is 0 Å². The van der Waals surface area contributed by atoms with Crippen LogP contribution in [0.25, 0.3) is 0 Å². The zero-order valence-corrected chi connectivity index (χ0v) is 6.71. The molecule has 1 atom stereocenters. The molecule has 0 bridgehead atoms. The van der Waals surface area contributed by atoms with E-state index < -0.39 is 0 Å². The number of nitrogens with two attached hydrogens (primary N) is 1. The van der Waals surface area contributed by atoms with E-state index in [1.807, 2.05) is 0 Å². The van der Waals surface area contributed by atoms with Crippen molar-refractivity contribution < 1.29 is 9.47 Å². The van der Waals surface area contributed by atoms with E-state index in [9.17, 15) is 0 Å². The largest absolute Gasteiger partial charge is 0.376 e. The van der Waals surface area contributed by atoms with E-state index in [1.165, 1.54) is 6.42 Å². The molecule has 1 unspecified atom stereocenters. The minimum atomic E-state index is 0.0717. The van der Waals surface area contributed by atoms with Gasteiger partial charge in [0, 0.05) is 6.54 Å². The Morgan fingerprint density at radius 2 is 2.27 bits per heavy atom. The highest BCUT2D eigenvalue weighted by atomic mass is 16.6. The fourth-order valence-electron chi connectivity index (χ4n) is 1.75. The fourth-order valence-corrected chi connectivity index (χ4v) is 1.75. The predicted molar refractivity (Wildman–Crippen MR) is 41.3 cm³/mol. The van der Waals surface area contributed by atoms with E-state index in [2.05, 4.69) is 0 Å². The molecule has 2 aliphatic rings. The SMILES string of the molecule is NCC1COCC2(CCC2)O1. The van der Waals surface area contributed by atoms with Crippen molar-refractivity contribution in [3.8, 4) is 0 Å². The van der Waals surface area contributed by atoms with Crippen molar-refractivity contribution in [1.29, 1.82) is 0 Å². The molecule has 3 nitrogen and oxygen atoms in total. The Morgan fingerprint density at radius 3 is 2.82 bits per heavy atom. The first-order chi connectivity index (χ1) is 5.35. The topological polar surface area (TPSA) is 44.5 Å². The molecule has 1 aliphatic carbocycles. The smallest absolute Gasteiger partial charge is 0.0939 e. The monoisotopic (exact) mass is 157 g/mol. The average Bonchev–Trinajstić information content (AvgIpc) is 2.02. The Bertz CT molecular complexity index is 145. The summed E-state index contributed by atoms with van der Waals surface area (Å²) in [4.78, 5) is 0. The maximum Gasteiger partial charge on any atom is 0.0939 e. The second-order valence-corrected chi connectivity index (χ2v) is 3.53. The molecule has 2 fully saturated rings. The summed E-state index contributed by atoms with van der Waals surface area (Å²) in [5, 5.41) is 0. The zero-order chi connectivity index (χ0) is 7.73. The molecule has 1 spiro atoms. The molecular weight excluding hydrogens is 142 g/mol. The number of hydrogen-bond acceptors (Lipinski definition) is 3. The summed E-state index contributed by atoms with van der Waals surface area (Å²) >= 11 is 0. The van der Waals surface area contributed by atoms with E-state index in [1.54, 1.807) is 0 Å². The van der Waals surface area contributed by atoms with E-state index >= 15 is 0 Å². The molecule has 0 radical (unpaired) electrons. The van der Waals surface area contributed by atoms with Gasteiger partial charge in [-0.05, 0) is 19.3 Å². The van der Waals surface area contributed by atoms with Gasteiger partial charge in [-0.15, -0.1) is 0 Å². The molecule has 0 aromatic rings. The van der Waals surface area contributed by atoms with Gasteiger partial charge in [0.25, 0.3) is 0 Å². The van der Waals surface area contributed by atoms with Gasteiger partial charge in [-0.2, -0.15) is 0 Å². The summed E-state index contributed by atoms with van der Waals surface area (Å²) in [6, 6.07) is 0. The van der Waals surface area contributed by atoms with Gasteiger partial charge in [0.05, 0.1) is 24.9 Å². The third-order valence-electron chi connectivity index (χ3n) is 2.61. The lowest BCUT2D eigenvalue weighted by molar-refractivity contribution is -0.225. The maximum absolute atomic E-state index is 5.81. The summed E-state index contributed by atoms with van der Waals surface area (Å²) in [5.41, 5.74) is 5.57. The van der Waals surface area contributed by atoms with Crippen molar-refractivity contribution in [1.82, 2.24) is 0 Å². The normalized spacial score (nSPS) is 35.2. The Labute approximate surface area is 66.8 Å². The van der Waals surface area contributed by atoms with Crippen LogP contribution in [0.3, 0.4) is 0 Å². The second kappa shape index (κ2) is 2.73. The van der Waals surface area contributed by atoms with Crippen LogP contribution in [0.15, 0.2) is 0 Å². The van der Waals surface area contributed by atoms with Crippen molar-refractivity contribution in [2.45, 2.75) is 31.0 Å². The van der Waals surface area contributed by atoms with Crippen molar-refractivity contribution in [2.24, 2.45) is 5.73 Å². The molecule has 2 rings (SSSR count). The predicted octanol–water partition coefficient (Wildman–Crippen LogP) is 0.283. The highest BCUT2D eigenvalue weighted by Gasteiger charge is 2.42. The molecule has 1 heterocycles. The Balaban J connectivity index is 1.92. The quantitative estimate of drug-likeness (QED) is 0.594. The van der Waals surface area contributed by atoms with Crippen LogP contribution in [0.2, 0.25) is 0 Å². The molecule has 0 aromatic heterocycles. The van der Waals surface area contributed by atoms with Gasteiger partial charge in [-0.25, -0.2) is 0 Å². The summed E-state index contributed by atoms with van der Waals surface area (Å²) in [6.45, 7) is 2.05. The second-order valence-electron chi connectivity index (χ2n) is 3.53. The molecule has 1 saturated carbocycles. The van der Waals surface area contributed by atoms with Crippen LogP contribution in [0.4, 0.5) is 0 Å². The van der Waals surface area contributed by atoms with Crippen molar-refractivity contribution in [3.05, 3.63) is 0 Å². The van der Waals surface area contributed by atoms with Crippen LogP contribution in [0, 0.1) is 0 Å². The minimum Gasteiger partial charge on any atom is -0.376 e. The summed E-state index contributed by atoms with van der Waals surface area (Å²) in [7, 11) is 0. The summed E-state index contributed by atoms with van der Waals surface area (Å²) in [5.74, 6) is 0. The zero-order valence-electron chi connectivity index (χ0n) is 6.71. The average molecular weight is 157 g/mol. The van der Waals surface area contributed by atoms with Crippen molar-refractivity contribution >= 4 is 0 Å². The molecule has 2 N–H and O–H groups in total. The first-order valence-electron chi connectivity index (χ1n) is 4.30. The van der Waals surface area contributed by atoms with Gasteiger partial charge in [0.1, 0.15) is 0 Å². The number of hydrogen-bond donors (Lipinski definition) is 1. The van der Waals surface area contributed by atoms with Crippen molar-refractivity contribution in [2.75, 3.05) is 19.8 Å². The Hall–Kier alpha value is -0.120. The van der Waals surface area contributed by atoms with Crippen molar-refractivity contribution in [3.63, 3.8) is 0 Å². The summed E-state index contributed by atoms with van der Waals surface area (Å²) < 4.78 is 11.2. The molecule has 0 amide bonds. The van der Waals surface area contributed by atoms with Crippen LogP contribution < -0.4 is 5.73 Å². The van der Waals surface area contributed by atoms with Gasteiger partial charge in [-0.3, -0.25) is 0 Å². The third kappa shape index (κ3) is 1.28. The van der Waals surface area contributed by atoms with Crippen LogP contribution in [0.1, 0.15) is 19.3 Å². The molecule has 64 valence electrons. The lowest BCUT2D eigenvalue weighted by atomic mass is 9.80. The van der Waals surface area contributed by atoms with Gasteiger partial charge < -0.3 is 15.2 Å². The highest BCUT2D eigenvalue weighted by molar-refractivity contribution is 4.92. The summed E-state index contributed by atoms with van der Waals surface area (Å²) in [6.07, 6.45) is 3.73. The third-order valence-corrected chi connectivity index (χ3v) is 2.61. The first kappa shape index (κ1) is 7.53. The molecule has 3 heteroatoms. The number of ether oxygens (including phenoxy) is 2. The van der Waals surface area contributed by atoms with Gasteiger partial charge in [-0.1, -0.05) is 0 Å². The lowest BCUT2D eigenvalue weighted by Gasteiger charge is -2.46. The Kier molecular flexibility index (Phi) is 1.87. The van der Waals surface area contributed by atoms with Crippen LogP contribution in [-0.4, -0.2) is 31.5 Å². The number of rotatable bonds is 1. The van der Waals surface area contributed by atoms with Gasteiger partial charge >= 0.3 is 0 Å². The Morgan fingerprint density at radius 1 is 1.45 bits per heavy atom. The fraction of sp³-hybridized carbons (Fsp3) is 1.00. The minimum absolute atomic E-state index is 0.0717. The molecule has 0 aromatic carbocycles. The van der Waals surface area contributed by atoms with E-state index in [-0.39, 0.29) is 11.7 Å². The van der Waals surface area contributed by atoms with E-state index in [0.717, 1.165) is 19.4 Å². The van der Waals surface area contributed by atoms with Gasteiger partial charge in [0.15, 0.2) is 0 Å². The molecular formula is C8H15NO2. The molecule has 1 aliphatic heterocycles. The highest BCUT2D eigenvalue weighted by Crippen LogP contribution is 2.38. The molecule has 1 saturated heterocycles. The van der Waals surface area contributed by atoms with Crippen LogP contribution in [-0.2, 0) is 9.47 Å². The van der Waals surface area contributed by atoms with E-state index in [0.29, 0.717) is 13.2 Å². The molecule has 11 heavy (non-hydrogen) atoms.